The maximum atomic E-state index is 12.6. The standard InChI is InChI=1S/C14H27N3O/c1-10-4-5-13(15)12(8-10)14(18)17-7-6-11(9-17)16(2)3/h10-13H,4-9,15H2,1-3H3. The second-order valence-electron chi connectivity index (χ2n) is 6.38. The zero-order valence-electron chi connectivity index (χ0n) is 11.9. The lowest BCUT2D eigenvalue weighted by molar-refractivity contribution is -0.136. The summed E-state index contributed by atoms with van der Waals surface area (Å²) in [7, 11) is 4.18. The highest BCUT2D eigenvalue weighted by Crippen LogP contribution is 2.30. The smallest absolute Gasteiger partial charge is 0.227 e. The van der Waals surface area contributed by atoms with Crippen LogP contribution >= 0.6 is 0 Å². The van der Waals surface area contributed by atoms with Gasteiger partial charge in [-0.2, -0.15) is 0 Å². The third-order valence-electron chi connectivity index (χ3n) is 4.69. The molecular weight excluding hydrogens is 226 g/mol. The van der Waals surface area contributed by atoms with Crippen molar-refractivity contribution in [3.05, 3.63) is 0 Å². The van der Waals surface area contributed by atoms with Crippen molar-refractivity contribution in [1.29, 1.82) is 0 Å². The fourth-order valence-electron chi connectivity index (χ4n) is 3.29. The highest BCUT2D eigenvalue weighted by atomic mass is 16.2. The van der Waals surface area contributed by atoms with Crippen LogP contribution in [-0.4, -0.2) is 55.0 Å². The maximum absolute atomic E-state index is 12.6. The molecule has 1 saturated heterocycles. The van der Waals surface area contributed by atoms with Crippen LogP contribution in [0.15, 0.2) is 0 Å². The van der Waals surface area contributed by atoms with Gasteiger partial charge in [-0.05, 0) is 45.7 Å². The van der Waals surface area contributed by atoms with E-state index in [1.807, 2.05) is 4.90 Å². The molecule has 0 bridgehead atoms. The minimum absolute atomic E-state index is 0.0645. The normalized spacial score (nSPS) is 37.3. The Labute approximate surface area is 110 Å². The molecule has 0 radical (unpaired) electrons. The molecule has 1 amide bonds. The van der Waals surface area contributed by atoms with E-state index in [0.29, 0.717) is 17.9 Å². The molecule has 0 aromatic carbocycles. The lowest BCUT2D eigenvalue weighted by Gasteiger charge is -2.34. The largest absolute Gasteiger partial charge is 0.341 e. The van der Waals surface area contributed by atoms with Crippen LogP contribution in [0.3, 0.4) is 0 Å². The number of hydrogen-bond acceptors (Lipinski definition) is 3. The Morgan fingerprint density at radius 2 is 2.00 bits per heavy atom. The van der Waals surface area contributed by atoms with Crippen LogP contribution in [0.4, 0.5) is 0 Å². The number of likely N-dealkylation sites (N-methyl/N-ethyl adjacent to an activating group) is 1. The molecule has 1 aliphatic heterocycles. The van der Waals surface area contributed by atoms with E-state index in [0.717, 1.165) is 32.4 Å². The number of carbonyl (C=O) groups excluding carboxylic acids is 1. The van der Waals surface area contributed by atoms with Crippen LogP contribution in [0.2, 0.25) is 0 Å². The molecule has 0 aromatic heterocycles. The summed E-state index contributed by atoms with van der Waals surface area (Å²) in [6.07, 6.45) is 4.24. The van der Waals surface area contributed by atoms with Crippen molar-refractivity contribution in [3.63, 3.8) is 0 Å². The van der Waals surface area contributed by atoms with Crippen LogP contribution in [0.5, 0.6) is 0 Å². The topological polar surface area (TPSA) is 49.6 Å². The molecule has 104 valence electrons. The second-order valence-corrected chi connectivity index (χ2v) is 6.38. The van der Waals surface area contributed by atoms with Crippen LogP contribution in [0.1, 0.15) is 32.6 Å². The Hall–Kier alpha value is -0.610. The Balaban J connectivity index is 1.95. The molecule has 2 rings (SSSR count). The molecule has 2 N–H and O–H groups in total. The number of rotatable bonds is 2. The zero-order valence-corrected chi connectivity index (χ0v) is 11.9. The SMILES string of the molecule is CC1CCC(N)C(C(=O)N2CCC(N(C)C)C2)C1. The summed E-state index contributed by atoms with van der Waals surface area (Å²) in [4.78, 5) is 16.8. The summed E-state index contributed by atoms with van der Waals surface area (Å²) in [5, 5.41) is 0. The van der Waals surface area contributed by atoms with Gasteiger partial charge in [0.2, 0.25) is 5.91 Å². The second kappa shape index (κ2) is 5.57. The van der Waals surface area contributed by atoms with Gasteiger partial charge in [-0.15, -0.1) is 0 Å². The summed E-state index contributed by atoms with van der Waals surface area (Å²) in [6.45, 7) is 4.02. The maximum Gasteiger partial charge on any atom is 0.227 e. The summed E-state index contributed by atoms with van der Waals surface area (Å²) >= 11 is 0. The van der Waals surface area contributed by atoms with Gasteiger partial charge in [0.15, 0.2) is 0 Å². The van der Waals surface area contributed by atoms with E-state index in [1.54, 1.807) is 0 Å². The molecule has 1 saturated carbocycles. The average Bonchev–Trinajstić information content (AvgIpc) is 2.81. The lowest BCUT2D eigenvalue weighted by Crippen LogP contribution is -2.47. The van der Waals surface area contributed by atoms with Crippen LogP contribution < -0.4 is 5.73 Å². The van der Waals surface area contributed by atoms with Gasteiger partial charge < -0.3 is 15.5 Å². The molecule has 0 spiro atoms. The molecule has 4 nitrogen and oxygen atoms in total. The fourth-order valence-corrected chi connectivity index (χ4v) is 3.29. The summed E-state index contributed by atoms with van der Waals surface area (Å²) in [5.41, 5.74) is 6.15. The molecule has 4 unspecified atom stereocenters. The minimum atomic E-state index is 0.0645. The van der Waals surface area contributed by atoms with E-state index in [9.17, 15) is 4.79 Å². The Morgan fingerprint density at radius 1 is 1.28 bits per heavy atom. The molecular formula is C14H27N3O. The number of nitrogens with zero attached hydrogens (tertiary/aromatic N) is 2. The Morgan fingerprint density at radius 3 is 2.61 bits per heavy atom. The van der Waals surface area contributed by atoms with Gasteiger partial charge in [0.25, 0.3) is 0 Å². The molecule has 1 aliphatic carbocycles. The predicted molar refractivity (Wildman–Crippen MR) is 73.2 cm³/mol. The van der Waals surface area contributed by atoms with E-state index in [4.69, 9.17) is 5.73 Å². The van der Waals surface area contributed by atoms with E-state index in [2.05, 4.69) is 25.9 Å². The first-order valence-electron chi connectivity index (χ1n) is 7.19. The summed E-state index contributed by atoms with van der Waals surface area (Å²) in [6, 6.07) is 0.596. The highest BCUT2D eigenvalue weighted by Gasteiger charge is 2.37. The number of amides is 1. The highest BCUT2D eigenvalue weighted by molar-refractivity contribution is 5.80. The monoisotopic (exact) mass is 253 g/mol. The molecule has 2 fully saturated rings. The van der Waals surface area contributed by atoms with E-state index >= 15 is 0 Å². The van der Waals surface area contributed by atoms with Gasteiger partial charge in [-0.1, -0.05) is 6.92 Å². The van der Waals surface area contributed by atoms with Crippen LogP contribution in [0, 0.1) is 11.8 Å². The third kappa shape index (κ3) is 2.86. The van der Waals surface area contributed by atoms with Gasteiger partial charge >= 0.3 is 0 Å². The molecule has 4 heteroatoms. The van der Waals surface area contributed by atoms with E-state index in [1.165, 1.54) is 6.42 Å². The minimum Gasteiger partial charge on any atom is -0.341 e. The van der Waals surface area contributed by atoms with Crippen molar-refractivity contribution < 1.29 is 4.79 Å². The van der Waals surface area contributed by atoms with Gasteiger partial charge in [0.1, 0.15) is 0 Å². The lowest BCUT2D eigenvalue weighted by atomic mass is 9.78. The van der Waals surface area contributed by atoms with Crippen molar-refractivity contribution in [2.45, 2.75) is 44.7 Å². The number of nitrogens with two attached hydrogens (primary N) is 1. The quantitative estimate of drug-likeness (QED) is 0.796. The van der Waals surface area contributed by atoms with Crippen molar-refractivity contribution in [2.75, 3.05) is 27.2 Å². The zero-order chi connectivity index (χ0) is 13.3. The van der Waals surface area contributed by atoms with Gasteiger partial charge in [0.05, 0.1) is 5.92 Å². The molecule has 0 aromatic rings. The van der Waals surface area contributed by atoms with Crippen molar-refractivity contribution in [1.82, 2.24) is 9.80 Å². The third-order valence-corrected chi connectivity index (χ3v) is 4.69. The van der Waals surface area contributed by atoms with E-state index in [-0.39, 0.29) is 12.0 Å². The van der Waals surface area contributed by atoms with Crippen LogP contribution in [0.25, 0.3) is 0 Å². The predicted octanol–water partition coefficient (Wildman–Crippen LogP) is 0.912. The number of hydrogen-bond donors (Lipinski definition) is 1. The van der Waals surface area contributed by atoms with Gasteiger partial charge in [-0.3, -0.25) is 4.79 Å². The van der Waals surface area contributed by atoms with Gasteiger partial charge in [0, 0.05) is 25.2 Å². The summed E-state index contributed by atoms with van der Waals surface area (Å²) in [5.74, 6) is 1.01. The van der Waals surface area contributed by atoms with Crippen molar-refractivity contribution >= 4 is 5.91 Å². The fraction of sp³-hybridized carbons (Fsp3) is 0.929. The van der Waals surface area contributed by atoms with Crippen molar-refractivity contribution in [2.24, 2.45) is 17.6 Å². The molecule has 2 aliphatic rings. The Bertz CT molecular complexity index is 305. The van der Waals surface area contributed by atoms with Crippen molar-refractivity contribution in [3.8, 4) is 0 Å². The molecule has 1 heterocycles. The average molecular weight is 253 g/mol. The summed E-state index contributed by atoms with van der Waals surface area (Å²) < 4.78 is 0. The van der Waals surface area contributed by atoms with Gasteiger partial charge in [-0.25, -0.2) is 0 Å². The first-order chi connectivity index (χ1) is 8.49. The molecule has 18 heavy (non-hydrogen) atoms. The Kier molecular flexibility index (Phi) is 4.28. The van der Waals surface area contributed by atoms with E-state index < -0.39 is 0 Å². The first-order valence-corrected chi connectivity index (χ1v) is 7.19. The number of carbonyl (C=O) groups is 1. The number of likely N-dealkylation sites (tertiary alicyclic amines) is 1. The van der Waals surface area contributed by atoms with Crippen LogP contribution in [-0.2, 0) is 4.79 Å². The molecule has 4 atom stereocenters. The first kappa shape index (κ1) is 13.8.